The lowest BCUT2D eigenvalue weighted by Crippen LogP contribution is -2.52. The average molecular weight is 460 g/mol. The van der Waals surface area contributed by atoms with Crippen LogP contribution in [0.25, 0.3) is 0 Å². The Kier molecular flexibility index (Phi) is 8.44. The summed E-state index contributed by atoms with van der Waals surface area (Å²) in [5.74, 6) is 0.842. The van der Waals surface area contributed by atoms with E-state index in [4.69, 9.17) is 14.2 Å². The van der Waals surface area contributed by atoms with Crippen LogP contribution in [0.3, 0.4) is 0 Å². The number of halogens is 1. The van der Waals surface area contributed by atoms with Gasteiger partial charge in [0.05, 0.1) is 19.8 Å². The van der Waals surface area contributed by atoms with E-state index >= 15 is 0 Å². The molecule has 0 N–H and O–H groups in total. The van der Waals surface area contributed by atoms with Crippen molar-refractivity contribution in [3.63, 3.8) is 0 Å². The summed E-state index contributed by atoms with van der Waals surface area (Å²) in [7, 11) is 3.15. The van der Waals surface area contributed by atoms with Crippen molar-refractivity contribution in [3.05, 3.63) is 59.7 Å². The zero-order valence-corrected chi connectivity index (χ0v) is 19.9. The Morgan fingerprint density at radius 1 is 0.906 bits per heavy atom. The first-order valence-electron chi connectivity index (χ1n) is 11.4. The monoisotopic (exact) mass is 459 g/mol. The van der Waals surface area contributed by atoms with E-state index in [9.17, 15) is 4.79 Å². The van der Waals surface area contributed by atoms with Crippen LogP contribution < -0.4 is 9.47 Å². The van der Waals surface area contributed by atoms with E-state index in [2.05, 4.69) is 35.2 Å². The zero-order valence-electron chi connectivity index (χ0n) is 19.0. The average Bonchev–Trinajstić information content (AvgIpc) is 2.85. The van der Waals surface area contributed by atoms with Crippen LogP contribution in [0.1, 0.15) is 60.9 Å². The van der Waals surface area contributed by atoms with Crippen LogP contribution in [0.4, 0.5) is 0 Å². The standard InChI is InChI=1S/C26H33NO4.ClH/c1-29-23-12-11-20(19-24(23)30-2)25(28)31-22-13-17-27(18-14-22)26(15-7-4-8-16-26)21-9-5-3-6-10-21;/h3,5-6,9-12,19,22H,4,7-8,13-18H2,1-2H3;1H. The molecule has 5 nitrogen and oxygen atoms in total. The number of esters is 1. The van der Waals surface area contributed by atoms with Gasteiger partial charge in [0.15, 0.2) is 11.5 Å². The lowest BCUT2D eigenvalue weighted by molar-refractivity contribution is -0.0241. The molecule has 2 fully saturated rings. The molecule has 1 aliphatic heterocycles. The SMILES string of the molecule is COc1ccc(C(=O)OC2CCN(C3(c4ccccc4)CCCCC3)CC2)cc1OC.Cl. The van der Waals surface area contributed by atoms with Gasteiger partial charge in [0, 0.05) is 18.6 Å². The number of hydrogen-bond donors (Lipinski definition) is 0. The summed E-state index contributed by atoms with van der Waals surface area (Å²) in [6.45, 7) is 1.91. The van der Waals surface area contributed by atoms with Gasteiger partial charge in [-0.05, 0) is 49.4 Å². The molecule has 0 unspecified atom stereocenters. The molecule has 174 valence electrons. The van der Waals surface area contributed by atoms with E-state index in [1.807, 2.05) is 0 Å². The minimum absolute atomic E-state index is 0. The van der Waals surface area contributed by atoms with Gasteiger partial charge in [-0.2, -0.15) is 0 Å². The summed E-state index contributed by atoms with van der Waals surface area (Å²) in [4.78, 5) is 15.4. The number of likely N-dealkylation sites (tertiary alicyclic amines) is 1. The molecule has 0 atom stereocenters. The van der Waals surface area contributed by atoms with Crippen molar-refractivity contribution in [2.24, 2.45) is 0 Å². The van der Waals surface area contributed by atoms with Gasteiger partial charge in [0.2, 0.25) is 0 Å². The highest BCUT2D eigenvalue weighted by atomic mass is 35.5. The lowest BCUT2D eigenvalue weighted by atomic mass is 9.74. The fourth-order valence-electron chi connectivity index (χ4n) is 5.26. The van der Waals surface area contributed by atoms with E-state index < -0.39 is 0 Å². The van der Waals surface area contributed by atoms with Gasteiger partial charge in [-0.1, -0.05) is 49.6 Å². The molecule has 0 amide bonds. The minimum Gasteiger partial charge on any atom is -0.493 e. The van der Waals surface area contributed by atoms with Crippen molar-refractivity contribution in [1.29, 1.82) is 0 Å². The van der Waals surface area contributed by atoms with Crippen LogP contribution in [-0.2, 0) is 10.3 Å². The number of benzene rings is 2. The van der Waals surface area contributed by atoms with Gasteiger partial charge in [0.25, 0.3) is 0 Å². The molecule has 0 spiro atoms. The summed E-state index contributed by atoms with van der Waals surface area (Å²) < 4.78 is 16.4. The maximum atomic E-state index is 12.7. The van der Waals surface area contributed by atoms with Crippen molar-refractivity contribution in [2.75, 3.05) is 27.3 Å². The van der Waals surface area contributed by atoms with Gasteiger partial charge in [0.1, 0.15) is 6.10 Å². The quantitative estimate of drug-likeness (QED) is 0.525. The molecule has 32 heavy (non-hydrogen) atoms. The maximum absolute atomic E-state index is 12.7. The molecule has 1 heterocycles. The second-order valence-corrected chi connectivity index (χ2v) is 8.62. The Labute approximate surface area is 197 Å². The second kappa shape index (κ2) is 11.1. The normalized spacial score (nSPS) is 18.9. The van der Waals surface area contributed by atoms with E-state index in [-0.39, 0.29) is 30.0 Å². The molecule has 0 bridgehead atoms. The van der Waals surface area contributed by atoms with Crippen LogP contribution in [-0.4, -0.2) is 44.3 Å². The van der Waals surface area contributed by atoms with Crippen LogP contribution in [0, 0.1) is 0 Å². The van der Waals surface area contributed by atoms with Crippen molar-refractivity contribution in [1.82, 2.24) is 4.90 Å². The Morgan fingerprint density at radius 3 is 2.19 bits per heavy atom. The molecule has 2 aromatic carbocycles. The first-order chi connectivity index (χ1) is 15.2. The number of hydrogen-bond acceptors (Lipinski definition) is 5. The second-order valence-electron chi connectivity index (χ2n) is 8.62. The first-order valence-corrected chi connectivity index (χ1v) is 11.4. The Morgan fingerprint density at radius 2 is 1.56 bits per heavy atom. The molecule has 1 saturated heterocycles. The number of carbonyl (C=O) groups is 1. The molecule has 1 aliphatic carbocycles. The fourth-order valence-corrected chi connectivity index (χ4v) is 5.26. The molecular weight excluding hydrogens is 426 g/mol. The highest BCUT2D eigenvalue weighted by Gasteiger charge is 2.41. The van der Waals surface area contributed by atoms with E-state index in [1.165, 1.54) is 37.7 Å². The lowest BCUT2D eigenvalue weighted by Gasteiger charge is -2.49. The molecule has 2 aliphatic rings. The maximum Gasteiger partial charge on any atom is 0.338 e. The molecule has 2 aromatic rings. The Hall–Kier alpha value is -2.24. The summed E-state index contributed by atoms with van der Waals surface area (Å²) in [6, 6.07) is 16.1. The van der Waals surface area contributed by atoms with Crippen LogP contribution in [0.15, 0.2) is 48.5 Å². The number of carbonyl (C=O) groups excluding carboxylic acids is 1. The minimum atomic E-state index is -0.296. The van der Waals surface area contributed by atoms with Gasteiger partial charge in [-0.25, -0.2) is 4.79 Å². The number of nitrogens with zero attached hydrogens (tertiary/aromatic N) is 1. The first kappa shape index (κ1) is 24.4. The predicted octanol–water partition coefficient (Wildman–Crippen LogP) is 5.61. The Balaban J connectivity index is 0.00000289. The summed E-state index contributed by atoms with van der Waals surface area (Å²) >= 11 is 0. The zero-order chi connectivity index (χ0) is 21.7. The van der Waals surface area contributed by atoms with Crippen molar-refractivity contribution in [3.8, 4) is 11.5 Å². The van der Waals surface area contributed by atoms with Crippen molar-refractivity contribution >= 4 is 18.4 Å². The molecule has 1 saturated carbocycles. The van der Waals surface area contributed by atoms with Crippen LogP contribution >= 0.6 is 12.4 Å². The molecule has 6 heteroatoms. The summed E-state index contributed by atoms with van der Waals surface area (Å²) in [5.41, 5.74) is 2.07. The summed E-state index contributed by atoms with van der Waals surface area (Å²) in [5, 5.41) is 0. The third kappa shape index (κ3) is 5.05. The number of rotatable bonds is 6. The van der Waals surface area contributed by atoms with Gasteiger partial charge >= 0.3 is 5.97 Å². The van der Waals surface area contributed by atoms with E-state index in [0.29, 0.717) is 17.1 Å². The van der Waals surface area contributed by atoms with E-state index in [1.54, 1.807) is 32.4 Å². The van der Waals surface area contributed by atoms with Crippen molar-refractivity contribution < 1.29 is 19.0 Å². The third-order valence-electron chi connectivity index (χ3n) is 6.93. The highest BCUT2D eigenvalue weighted by Crippen LogP contribution is 2.43. The predicted molar refractivity (Wildman–Crippen MR) is 128 cm³/mol. The third-order valence-corrected chi connectivity index (χ3v) is 6.93. The molecule has 0 radical (unpaired) electrons. The topological polar surface area (TPSA) is 48.0 Å². The van der Waals surface area contributed by atoms with E-state index in [0.717, 1.165) is 25.9 Å². The summed E-state index contributed by atoms with van der Waals surface area (Å²) in [6.07, 6.45) is 8.01. The van der Waals surface area contributed by atoms with Gasteiger partial charge in [-0.15, -0.1) is 12.4 Å². The molecule has 0 aromatic heterocycles. The fraction of sp³-hybridized carbons (Fsp3) is 0.500. The largest absolute Gasteiger partial charge is 0.493 e. The smallest absolute Gasteiger partial charge is 0.338 e. The number of methoxy groups -OCH3 is 2. The van der Waals surface area contributed by atoms with Crippen molar-refractivity contribution in [2.45, 2.75) is 56.6 Å². The number of ether oxygens (including phenoxy) is 3. The number of piperidine rings is 1. The molecule has 4 rings (SSSR count). The van der Waals surface area contributed by atoms with Gasteiger partial charge in [-0.3, -0.25) is 4.90 Å². The van der Waals surface area contributed by atoms with Gasteiger partial charge < -0.3 is 14.2 Å². The van der Waals surface area contributed by atoms with Crippen LogP contribution in [0.2, 0.25) is 0 Å². The van der Waals surface area contributed by atoms with Crippen LogP contribution in [0.5, 0.6) is 11.5 Å². The highest BCUT2D eigenvalue weighted by molar-refractivity contribution is 5.90. The Bertz CT molecular complexity index is 875. The molecular formula is C26H34ClNO4.